The summed E-state index contributed by atoms with van der Waals surface area (Å²) in [6, 6.07) is 17.6. The number of hydrogen-bond donors (Lipinski definition) is 2. The van der Waals surface area contributed by atoms with Crippen LogP contribution < -0.4 is 15.4 Å². The quantitative estimate of drug-likeness (QED) is 0.619. The molecule has 0 radical (unpaired) electrons. The monoisotopic (exact) mass is 376 g/mol. The molecule has 6 nitrogen and oxygen atoms in total. The van der Waals surface area contributed by atoms with E-state index in [1.807, 2.05) is 37.3 Å². The lowest BCUT2D eigenvalue weighted by Gasteiger charge is -2.11. The Kier molecular flexibility index (Phi) is 6.01. The topological polar surface area (TPSA) is 84.5 Å². The third-order valence-corrected chi connectivity index (χ3v) is 4.15. The molecule has 0 heterocycles. The first-order chi connectivity index (χ1) is 13.6. The average Bonchev–Trinajstić information content (AvgIpc) is 2.72. The van der Waals surface area contributed by atoms with Crippen molar-refractivity contribution in [2.45, 2.75) is 6.92 Å². The highest BCUT2D eigenvalue weighted by Crippen LogP contribution is 2.26. The van der Waals surface area contributed by atoms with E-state index in [1.165, 1.54) is 0 Å². The Labute approximate surface area is 162 Å². The summed E-state index contributed by atoms with van der Waals surface area (Å²) in [7, 11) is 0. The van der Waals surface area contributed by atoms with Crippen LogP contribution in [0, 0.1) is 0 Å². The number of hydrogen-bond acceptors (Lipinski definition) is 4. The SMILES string of the molecule is CCNC(=O)c1cccc(NC(=O)COc2ccc3ccccc3c2C=O)c1. The van der Waals surface area contributed by atoms with Crippen LogP contribution in [-0.4, -0.2) is 31.3 Å². The molecule has 0 atom stereocenters. The van der Waals surface area contributed by atoms with Gasteiger partial charge in [-0.25, -0.2) is 0 Å². The van der Waals surface area contributed by atoms with Crippen LogP contribution in [0.3, 0.4) is 0 Å². The van der Waals surface area contributed by atoms with Gasteiger partial charge >= 0.3 is 0 Å². The molecule has 28 heavy (non-hydrogen) atoms. The molecule has 0 saturated heterocycles. The fourth-order valence-corrected chi connectivity index (χ4v) is 2.86. The maximum atomic E-state index is 12.2. The number of aldehydes is 1. The second-order valence-electron chi connectivity index (χ2n) is 6.09. The maximum absolute atomic E-state index is 12.2. The van der Waals surface area contributed by atoms with Crippen molar-refractivity contribution in [2.75, 3.05) is 18.5 Å². The van der Waals surface area contributed by atoms with Crippen LogP contribution in [0.5, 0.6) is 5.75 Å². The van der Waals surface area contributed by atoms with E-state index < -0.39 is 5.91 Å². The summed E-state index contributed by atoms with van der Waals surface area (Å²) in [4.78, 5) is 35.6. The molecule has 3 aromatic carbocycles. The van der Waals surface area contributed by atoms with E-state index in [2.05, 4.69) is 10.6 Å². The van der Waals surface area contributed by atoms with Crippen LogP contribution in [0.15, 0.2) is 60.7 Å². The number of nitrogens with one attached hydrogen (secondary N) is 2. The predicted molar refractivity (Wildman–Crippen MR) is 108 cm³/mol. The van der Waals surface area contributed by atoms with Crippen molar-refractivity contribution < 1.29 is 19.1 Å². The van der Waals surface area contributed by atoms with Gasteiger partial charge in [0.1, 0.15) is 5.75 Å². The predicted octanol–water partition coefficient (Wildman–Crippen LogP) is 3.42. The van der Waals surface area contributed by atoms with Crippen LogP contribution in [-0.2, 0) is 4.79 Å². The molecular formula is C22H20N2O4. The Balaban J connectivity index is 1.68. The smallest absolute Gasteiger partial charge is 0.262 e. The van der Waals surface area contributed by atoms with Gasteiger partial charge in [0.2, 0.25) is 0 Å². The molecule has 0 spiro atoms. The summed E-state index contributed by atoms with van der Waals surface area (Å²) in [5, 5.41) is 7.09. The number of ether oxygens (including phenoxy) is 1. The highest BCUT2D eigenvalue weighted by Gasteiger charge is 2.11. The van der Waals surface area contributed by atoms with Gasteiger partial charge in [0, 0.05) is 17.8 Å². The van der Waals surface area contributed by atoms with Gasteiger partial charge in [0.05, 0.1) is 5.56 Å². The number of rotatable bonds is 7. The molecule has 0 aliphatic rings. The molecular weight excluding hydrogens is 356 g/mol. The summed E-state index contributed by atoms with van der Waals surface area (Å²) in [5.74, 6) is -0.250. The van der Waals surface area contributed by atoms with Crippen molar-refractivity contribution >= 4 is 34.6 Å². The number of benzene rings is 3. The van der Waals surface area contributed by atoms with Gasteiger partial charge in [-0.2, -0.15) is 0 Å². The minimum atomic E-state index is -0.391. The summed E-state index contributed by atoms with van der Waals surface area (Å²) in [6.07, 6.45) is 0.728. The van der Waals surface area contributed by atoms with Crippen molar-refractivity contribution in [3.05, 3.63) is 71.8 Å². The number of carbonyl (C=O) groups excluding carboxylic acids is 3. The third kappa shape index (κ3) is 4.35. The second kappa shape index (κ2) is 8.81. The zero-order valence-electron chi connectivity index (χ0n) is 15.4. The fourth-order valence-electron chi connectivity index (χ4n) is 2.86. The van der Waals surface area contributed by atoms with Crippen molar-refractivity contribution in [2.24, 2.45) is 0 Å². The fraction of sp³-hybridized carbons (Fsp3) is 0.136. The Morgan fingerprint density at radius 2 is 1.86 bits per heavy atom. The number of anilines is 1. The van der Waals surface area contributed by atoms with Crippen LogP contribution >= 0.6 is 0 Å². The van der Waals surface area contributed by atoms with E-state index in [0.29, 0.717) is 29.1 Å². The molecule has 0 aromatic heterocycles. The Bertz CT molecular complexity index is 1030. The van der Waals surface area contributed by atoms with E-state index in [9.17, 15) is 14.4 Å². The Hall–Kier alpha value is -3.67. The number of carbonyl (C=O) groups is 3. The van der Waals surface area contributed by atoms with Crippen molar-refractivity contribution in [3.8, 4) is 5.75 Å². The molecule has 0 bridgehead atoms. The minimum Gasteiger partial charge on any atom is -0.483 e. The molecule has 2 N–H and O–H groups in total. The highest BCUT2D eigenvalue weighted by atomic mass is 16.5. The largest absolute Gasteiger partial charge is 0.483 e. The zero-order valence-corrected chi connectivity index (χ0v) is 15.4. The first kappa shape index (κ1) is 19.1. The minimum absolute atomic E-state index is 0.207. The lowest BCUT2D eigenvalue weighted by molar-refractivity contribution is -0.118. The first-order valence-corrected chi connectivity index (χ1v) is 8.90. The van der Waals surface area contributed by atoms with Crippen LogP contribution in [0.2, 0.25) is 0 Å². The Morgan fingerprint density at radius 3 is 2.64 bits per heavy atom. The third-order valence-electron chi connectivity index (χ3n) is 4.15. The van der Waals surface area contributed by atoms with E-state index in [4.69, 9.17) is 4.74 Å². The molecule has 0 aliphatic heterocycles. The van der Waals surface area contributed by atoms with Gasteiger partial charge in [-0.15, -0.1) is 0 Å². The van der Waals surface area contributed by atoms with E-state index in [1.54, 1.807) is 30.3 Å². The molecule has 142 valence electrons. The van der Waals surface area contributed by atoms with Crippen LogP contribution in [0.1, 0.15) is 27.6 Å². The van der Waals surface area contributed by atoms with Crippen molar-refractivity contribution in [1.82, 2.24) is 5.32 Å². The van der Waals surface area contributed by atoms with E-state index >= 15 is 0 Å². The summed E-state index contributed by atoms with van der Waals surface area (Å²) in [6.45, 7) is 2.10. The van der Waals surface area contributed by atoms with Crippen LogP contribution in [0.25, 0.3) is 10.8 Å². The van der Waals surface area contributed by atoms with E-state index in [-0.39, 0.29) is 12.5 Å². The van der Waals surface area contributed by atoms with Gasteiger partial charge in [-0.3, -0.25) is 14.4 Å². The molecule has 0 aliphatic carbocycles. The van der Waals surface area contributed by atoms with Gasteiger partial charge < -0.3 is 15.4 Å². The number of fused-ring (bicyclic) bond motifs is 1. The molecule has 0 saturated carbocycles. The van der Waals surface area contributed by atoms with Gasteiger partial charge in [0.15, 0.2) is 12.9 Å². The van der Waals surface area contributed by atoms with Crippen LogP contribution in [0.4, 0.5) is 5.69 Å². The summed E-state index contributed by atoms with van der Waals surface area (Å²) in [5.41, 5.74) is 1.36. The first-order valence-electron chi connectivity index (χ1n) is 8.90. The molecule has 0 fully saturated rings. The standard InChI is InChI=1S/C22H20N2O4/c1-2-23-22(27)16-7-5-8-17(12-16)24-21(26)14-28-20-11-10-15-6-3-4-9-18(15)19(20)13-25/h3-13H,2,14H2,1H3,(H,23,27)(H,24,26). The van der Waals surface area contributed by atoms with Gasteiger partial charge in [-0.1, -0.05) is 36.4 Å². The second-order valence-corrected chi connectivity index (χ2v) is 6.09. The number of amides is 2. The lowest BCUT2D eigenvalue weighted by atomic mass is 10.0. The maximum Gasteiger partial charge on any atom is 0.262 e. The zero-order chi connectivity index (χ0) is 19.9. The average molecular weight is 376 g/mol. The highest BCUT2D eigenvalue weighted by molar-refractivity contribution is 6.01. The molecule has 3 rings (SSSR count). The normalized spacial score (nSPS) is 10.3. The molecule has 3 aromatic rings. The van der Waals surface area contributed by atoms with Gasteiger partial charge in [0.25, 0.3) is 11.8 Å². The Morgan fingerprint density at radius 1 is 1.04 bits per heavy atom. The summed E-state index contributed by atoms with van der Waals surface area (Å²) >= 11 is 0. The van der Waals surface area contributed by atoms with Crippen molar-refractivity contribution in [3.63, 3.8) is 0 Å². The van der Waals surface area contributed by atoms with Gasteiger partial charge in [-0.05, 0) is 42.0 Å². The molecule has 0 unspecified atom stereocenters. The van der Waals surface area contributed by atoms with Crippen molar-refractivity contribution in [1.29, 1.82) is 0 Å². The van der Waals surface area contributed by atoms with E-state index in [0.717, 1.165) is 17.1 Å². The molecule has 2 amide bonds. The lowest BCUT2D eigenvalue weighted by Crippen LogP contribution is -2.23. The summed E-state index contributed by atoms with van der Waals surface area (Å²) < 4.78 is 5.56. The molecule has 6 heteroatoms.